The van der Waals surface area contributed by atoms with Crippen LogP contribution in [0.2, 0.25) is 0 Å². The van der Waals surface area contributed by atoms with E-state index in [1.165, 1.54) is 22.3 Å². The molecule has 2 aromatic rings. The van der Waals surface area contributed by atoms with Crippen LogP contribution in [0.1, 0.15) is 46.4 Å². The van der Waals surface area contributed by atoms with Crippen LogP contribution in [0.15, 0.2) is 34.8 Å². The molecule has 0 radical (unpaired) electrons. The average Bonchev–Trinajstić information content (AvgIpc) is 2.36. The molecule has 0 aliphatic carbocycles. The van der Waals surface area contributed by atoms with Gasteiger partial charge in [0.15, 0.2) is 0 Å². The zero-order valence-corrected chi connectivity index (χ0v) is 14.1. The van der Waals surface area contributed by atoms with Crippen LogP contribution in [-0.4, -0.2) is 5.11 Å². The second-order valence-electron chi connectivity index (χ2n) is 5.85. The number of aliphatic hydroxyl groups is 1. The fourth-order valence-electron chi connectivity index (χ4n) is 3.29. The summed E-state index contributed by atoms with van der Waals surface area (Å²) in [4.78, 5) is 0. The Balaban J connectivity index is 2.03. The Bertz CT molecular complexity index is 671. The molecule has 0 amide bonds. The molecule has 0 saturated heterocycles. The van der Waals surface area contributed by atoms with E-state index in [2.05, 4.69) is 48.8 Å². The van der Waals surface area contributed by atoms with Crippen LogP contribution in [-0.2, 0) is 0 Å². The molecule has 3 rings (SSSR count). The molecule has 3 heteroatoms. The smallest absolute Gasteiger partial charge is 0.127 e. The lowest BCUT2D eigenvalue weighted by Crippen LogP contribution is -2.20. The maximum absolute atomic E-state index is 10.4. The number of halogens is 1. The molecule has 0 bridgehead atoms. The first-order chi connectivity index (χ1) is 9.95. The first-order valence-electron chi connectivity index (χ1n) is 7.17. The van der Waals surface area contributed by atoms with E-state index in [4.69, 9.17) is 4.74 Å². The highest BCUT2D eigenvalue weighted by Gasteiger charge is 2.29. The van der Waals surface area contributed by atoms with Gasteiger partial charge in [-0.15, -0.1) is 0 Å². The Morgan fingerprint density at radius 2 is 1.76 bits per heavy atom. The Kier molecular flexibility index (Phi) is 3.80. The van der Waals surface area contributed by atoms with Crippen molar-refractivity contribution in [1.82, 2.24) is 0 Å². The van der Waals surface area contributed by atoms with Crippen molar-refractivity contribution in [2.45, 2.75) is 39.4 Å². The maximum atomic E-state index is 10.4. The van der Waals surface area contributed by atoms with Gasteiger partial charge in [-0.05, 0) is 49.6 Å². The predicted octanol–water partition coefficient (Wildman–Crippen LogP) is 4.93. The minimum Gasteiger partial charge on any atom is -0.485 e. The van der Waals surface area contributed by atoms with Crippen LogP contribution in [0.3, 0.4) is 0 Å². The summed E-state index contributed by atoms with van der Waals surface area (Å²) in [5.74, 6) is 0.771. The van der Waals surface area contributed by atoms with Gasteiger partial charge < -0.3 is 9.84 Å². The second kappa shape index (κ2) is 5.47. The van der Waals surface area contributed by atoms with Crippen LogP contribution < -0.4 is 4.74 Å². The number of hydrogen-bond acceptors (Lipinski definition) is 2. The van der Waals surface area contributed by atoms with Gasteiger partial charge in [-0.1, -0.05) is 39.7 Å². The Labute approximate surface area is 133 Å². The van der Waals surface area contributed by atoms with Crippen molar-refractivity contribution >= 4 is 15.9 Å². The number of benzene rings is 2. The van der Waals surface area contributed by atoms with E-state index >= 15 is 0 Å². The summed E-state index contributed by atoms with van der Waals surface area (Å²) >= 11 is 3.46. The van der Waals surface area contributed by atoms with E-state index in [0.717, 1.165) is 15.8 Å². The van der Waals surface area contributed by atoms with E-state index in [-0.39, 0.29) is 6.10 Å². The van der Waals surface area contributed by atoms with Crippen molar-refractivity contribution in [3.05, 3.63) is 62.6 Å². The molecule has 0 aromatic heterocycles. The summed E-state index contributed by atoms with van der Waals surface area (Å²) in [6, 6.07) is 10.1. The molecule has 1 heterocycles. The minimum atomic E-state index is -0.480. The molecule has 0 saturated carbocycles. The van der Waals surface area contributed by atoms with Gasteiger partial charge in [-0.2, -0.15) is 0 Å². The first-order valence-corrected chi connectivity index (χ1v) is 7.97. The molecule has 2 unspecified atom stereocenters. The van der Waals surface area contributed by atoms with Crippen molar-refractivity contribution < 1.29 is 9.84 Å². The molecule has 1 N–H and O–H groups in total. The number of rotatable bonds is 1. The largest absolute Gasteiger partial charge is 0.485 e. The number of aryl methyl sites for hydroxylation is 3. The van der Waals surface area contributed by atoms with E-state index in [1.807, 2.05) is 18.2 Å². The van der Waals surface area contributed by atoms with Gasteiger partial charge in [0.2, 0.25) is 0 Å². The summed E-state index contributed by atoms with van der Waals surface area (Å²) in [5.41, 5.74) is 5.78. The topological polar surface area (TPSA) is 29.5 Å². The van der Waals surface area contributed by atoms with E-state index in [9.17, 15) is 5.11 Å². The van der Waals surface area contributed by atoms with Crippen molar-refractivity contribution in [3.8, 4) is 5.75 Å². The number of ether oxygens (including phenoxy) is 1. The molecule has 2 aromatic carbocycles. The SMILES string of the molecule is Cc1cc(C)c(C2CC(O)c3ccc(Br)cc3O2)c(C)c1. The number of fused-ring (bicyclic) bond motifs is 1. The zero-order chi connectivity index (χ0) is 15.1. The summed E-state index contributed by atoms with van der Waals surface area (Å²) in [5, 5.41) is 10.4. The van der Waals surface area contributed by atoms with E-state index in [1.54, 1.807) is 0 Å². The third-order valence-electron chi connectivity index (χ3n) is 4.10. The maximum Gasteiger partial charge on any atom is 0.127 e. The Hall–Kier alpha value is -1.32. The van der Waals surface area contributed by atoms with Gasteiger partial charge in [0.25, 0.3) is 0 Å². The van der Waals surface area contributed by atoms with Gasteiger partial charge >= 0.3 is 0 Å². The van der Waals surface area contributed by atoms with Gasteiger partial charge in [0, 0.05) is 16.5 Å². The first kappa shape index (κ1) is 14.6. The lowest BCUT2D eigenvalue weighted by atomic mass is 9.89. The highest BCUT2D eigenvalue weighted by molar-refractivity contribution is 9.10. The van der Waals surface area contributed by atoms with Crippen molar-refractivity contribution in [1.29, 1.82) is 0 Å². The molecule has 21 heavy (non-hydrogen) atoms. The van der Waals surface area contributed by atoms with Crippen molar-refractivity contribution in [2.24, 2.45) is 0 Å². The highest BCUT2D eigenvalue weighted by Crippen LogP contribution is 2.43. The molecule has 2 atom stereocenters. The fraction of sp³-hybridized carbons (Fsp3) is 0.333. The lowest BCUT2D eigenvalue weighted by Gasteiger charge is -2.32. The summed E-state index contributed by atoms with van der Waals surface area (Å²) in [7, 11) is 0. The van der Waals surface area contributed by atoms with Gasteiger partial charge in [0.1, 0.15) is 11.9 Å². The third-order valence-corrected chi connectivity index (χ3v) is 4.59. The Morgan fingerprint density at radius 1 is 1.10 bits per heavy atom. The quantitative estimate of drug-likeness (QED) is 0.792. The minimum absolute atomic E-state index is 0.0950. The molecule has 1 aliphatic rings. The van der Waals surface area contributed by atoms with Crippen LogP contribution in [0.5, 0.6) is 5.75 Å². The predicted molar refractivity (Wildman–Crippen MR) is 87.7 cm³/mol. The zero-order valence-electron chi connectivity index (χ0n) is 12.5. The van der Waals surface area contributed by atoms with Crippen LogP contribution >= 0.6 is 15.9 Å². The molecular formula is C18H19BrO2. The standard InChI is InChI=1S/C18H19BrO2/c1-10-6-11(2)18(12(3)7-10)17-9-15(20)14-5-4-13(19)8-16(14)21-17/h4-8,15,17,20H,9H2,1-3H3. The molecule has 110 valence electrons. The van der Waals surface area contributed by atoms with Crippen LogP contribution in [0, 0.1) is 20.8 Å². The third kappa shape index (κ3) is 2.72. The summed E-state index contributed by atoms with van der Waals surface area (Å²) in [6.07, 6.45) is 0.0219. The van der Waals surface area contributed by atoms with Crippen LogP contribution in [0.25, 0.3) is 0 Å². The molecule has 0 fully saturated rings. The Morgan fingerprint density at radius 3 is 2.43 bits per heavy atom. The van der Waals surface area contributed by atoms with Gasteiger partial charge in [0.05, 0.1) is 6.10 Å². The summed E-state index contributed by atoms with van der Waals surface area (Å²) < 4.78 is 7.15. The van der Waals surface area contributed by atoms with Crippen molar-refractivity contribution in [3.63, 3.8) is 0 Å². The van der Waals surface area contributed by atoms with Gasteiger partial charge in [-0.25, -0.2) is 0 Å². The van der Waals surface area contributed by atoms with Gasteiger partial charge in [-0.3, -0.25) is 0 Å². The fourth-order valence-corrected chi connectivity index (χ4v) is 3.63. The lowest BCUT2D eigenvalue weighted by molar-refractivity contribution is 0.0651. The summed E-state index contributed by atoms with van der Waals surface area (Å²) in [6.45, 7) is 6.33. The molecule has 1 aliphatic heterocycles. The van der Waals surface area contributed by atoms with E-state index in [0.29, 0.717) is 6.42 Å². The normalized spacial score (nSPS) is 20.8. The molecular weight excluding hydrogens is 328 g/mol. The number of aliphatic hydroxyl groups excluding tert-OH is 1. The second-order valence-corrected chi connectivity index (χ2v) is 6.77. The highest BCUT2D eigenvalue weighted by atomic mass is 79.9. The van der Waals surface area contributed by atoms with Crippen molar-refractivity contribution in [2.75, 3.05) is 0 Å². The van der Waals surface area contributed by atoms with E-state index < -0.39 is 6.10 Å². The monoisotopic (exact) mass is 346 g/mol. The number of hydrogen-bond donors (Lipinski definition) is 1. The molecule has 2 nitrogen and oxygen atoms in total. The van der Waals surface area contributed by atoms with Crippen LogP contribution in [0.4, 0.5) is 0 Å². The molecule has 0 spiro atoms. The average molecular weight is 347 g/mol.